The highest BCUT2D eigenvalue weighted by atomic mass is 16.3. The molecule has 1 N–H and O–H groups in total. The molecule has 0 fully saturated rings. The van der Waals surface area contributed by atoms with Gasteiger partial charge in [-0.2, -0.15) is 5.26 Å². The van der Waals surface area contributed by atoms with Gasteiger partial charge in [-0.25, -0.2) is 0 Å². The molecule has 0 aliphatic rings. The van der Waals surface area contributed by atoms with Crippen LogP contribution in [0.2, 0.25) is 0 Å². The molecule has 22 heavy (non-hydrogen) atoms. The highest BCUT2D eigenvalue weighted by Crippen LogP contribution is 2.05. The van der Waals surface area contributed by atoms with Crippen molar-refractivity contribution in [3.05, 3.63) is 82.9 Å². The van der Waals surface area contributed by atoms with Gasteiger partial charge in [0.1, 0.15) is 6.07 Å². The van der Waals surface area contributed by atoms with E-state index < -0.39 is 0 Å². The molecule has 2 heteroatoms. The maximum Gasteiger partial charge on any atom is 0.100 e. The summed E-state index contributed by atoms with van der Waals surface area (Å²) in [4.78, 5) is 0. The van der Waals surface area contributed by atoms with Crippen LogP contribution in [0.25, 0.3) is 0 Å². The average molecular weight is 283 g/mol. The fraction of sp³-hybridized carbons (Fsp3) is 0.0500. The SMILES string of the molecule is N#Cc1ccccc1C#CC=CC#Cc1cccc(CO)c1. The van der Waals surface area contributed by atoms with Gasteiger partial charge in [0, 0.05) is 11.1 Å². The lowest BCUT2D eigenvalue weighted by molar-refractivity contribution is 0.282. The first-order valence-corrected chi connectivity index (χ1v) is 6.70. The molecule has 0 aromatic heterocycles. The molecule has 2 nitrogen and oxygen atoms in total. The topological polar surface area (TPSA) is 44.0 Å². The molecule has 0 saturated carbocycles. The van der Waals surface area contributed by atoms with Crippen LogP contribution in [-0.2, 0) is 6.61 Å². The van der Waals surface area contributed by atoms with Crippen LogP contribution in [0.3, 0.4) is 0 Å². The van der Waals surface area contributed by atoms with Gasteiger partial charge in [0.25, 0.3) is 0 Å². The number of allylic oxidation sites excluding steroid dienone is 2. The molecule has 0 amide bonds. The number of rotatable bonds is 1. The quantitative estimate of drug-likeness (QED) is 0.818. The number of nitriles is 1. The van der Waals surface area contributed by atoms with E-state index in [1.165, 1.54) is 0 Å². The smallest absolute Gasteiger partial charge is 0.100 e. The monoisotopic (exact) mass is 283 g/mol. The summed E-state index contributed by atoms with van der Waals surface area (Å²) in [6.07, 6.45) is 3.31. The molecule has 2 rings (SSSR count). The first-order chi connectivity index (χ1) is 10.8. The third-order valence-corrected chi connectivity index (χ3v) is 2.83. The van der Waals surface area contributed by atoms with Gasteiger partial charge in [0.2, 0.25) is 0 Å². The number of hydrogen-bond acceptors (Lipinski definition) is 2. The predicted molar refractivity (Wildman–Crippen MR) is 86.4 cm³/mol. The molecule has 0 unspecified atom stereocenters. The second-order valence-electron chi connectivity index (χ2n) is 4.39. The molecule has 0 bridgehead atoms. The van der Waals surface area contributed by atoms with E-state index in [4.69, 9.17) is 10.4 Å². The number of aliphatic hydroxyl groups is 1. The molecule has 0 aliphatic heterocycles. The molecule has 2 aromatic rings. The third-order valence-electron chi connectivity index (χ3n) is 2.83. The zero-order valence-corrected chi connectivity index (χ0v) is 11.9. The summed E-state index contributed by atoms with van der Waals surface area (Å²) >= 11 is 0. The van der Waals surface area contributed by atoms with E-state index >= 15 is 0 Å². The lowest BCUT2D eigenvalue weighted by Gasteiger charge is -1.94. The van der Waals surface area contributed by atoms with Gasteiger partial charge in [0.15, 0.2) is 0 Å². The minimum Gasteiger partial charge on any atom is -0.392 e. The zero-order valence-electron chi connectivity index (χ0n) is 11.9. The molecule has 0 saturated heterocycles. The van der Waals surface area contributed by atoms with Crippen molar-refractivity contribution in [2.45, 2.75) is 6.61 Å². The molecule has 0 radical (unpaired) electrons. The van der Waals surface area contributed by atoms with E-state index in [2.05, 4.69) is 29.8 Å². The Morgan fingerprint density at radius 1 is 0.909 bits per heavy atom. The van der Waals surface area contributed by atoms with Crippen LogP contribution < -0.4 is 0 Å². The average Bonchev–Trinajstić information content (AvgIpc) is 2.58. The van der Waals surface area contributed by atoms with Crippen LogP contribution in [0.1, 0.15) is 22.3 Å². The van der Waals surface area contributed by atoms with E-state index in [-0.39, 0.29) is 6.61 Å². The molecule has 0 aliphatic carbocycles. The summed E-state index contributed by atoms with van der Waals surface area (Å²) < 4.78 is 0. The molecular weight excluding hydrogens is 270 g/mol. The van der Waals surface area contributed by atoms with E-state index in [1.54, 1.807) is 18.2 Å². The van der Waals surface area contributed by atoms with Crippen molar-refractivity contribution in [3.63, 3.8) is 0 Å². The fourth-order valence-corrected chi connectivity index (χ4v) is 1.76. The van der Waals surface area contributed by atoms with Crippen molar-refractivity contribution >= 4 is 0 Å². The Hall–Kier alpha value is -3.25. The summed E-state index contributed by atoms with van der Waals surface area (Å²) in [5, 5.41) is 18.0. The Morgan fingerprint density at radius 3 is 2.36 bits per heavy atom. The summed E-state index contributed by atoms with van der Waals surface area (Å²) in [5.41, 5.74) is 2.95. The second kappa shape index (κ2) is 8.13. The Kier molecular flexibility index (Phi) is 5.60. The van der Waals surface area contributed by atoms with Crippen LogP contribution in [-0.4, -0.2) is 5.11 Å². The molecular formula is C20H13NO. The highest BCUT2D eigenvalue weighted by molar-refractivity contribution is 5.49. The van der Waals surface area contributed by atoms with Crippen molar-refractivity contribution in [2.24, 2.45) is 0 Å². The number of hydrogen-bond donors (Lipinski definition) is 1. The van der Waals surface area contributed by atoms with Crippen LogP contribution in [0.5, 0.6) is 0 Å². The number of aliphatic hydroxyl groups excluding tert-OH is 1. The third kappa shape index (κ3) is 4.39. The molecule has 2 aromatic carbocycles. The van der Waals surface area contributed by atoms with Gasteiger partial charge in [-0.1, -0.05) is 47.9 Å². The normalized spacial score (nSPS) is 9.27. The lowest BCUT2D eigenvalue weighted by atomic mass is 10.1. The van der Waals surface area contributed by atoms with Gasteiger partial charge < -0.3 is 5.11 Å². The van der Waals surface area contributed by atoms with Crippen molar-refractivity contribution in [2.75, 3.05) is 0 Å². The summed E-state index contributed by atoms with van der Waals surface area (Å²) in [6, 6.07) is 16.7. The minimum absolute atomic E-state index is 0.00906. The minimum atomic E-state index is 0.00906. The Labute approximate surface area is 130 Å². The standard InChI is InChI=1S/C20H13NO/c21-15-20-13-6-5-12-19(20)11-4-2-1-3-8-17-9-7-10-18(14-17)16-22/h1-2,5-7,9-10,12-14,22H,16H2. The molecule has 104 valence electrons. The highest BCUT2D eigenvalue weighted by Gasteiger charge is 1.94. The molecule has 0 atom stereocenters. The molecule has 0 spiro atoms. The van der Waals surface area contributed by atoms with E-state index in [9.17, 15) is 0 Å². The zero-order chi connectivity index (χ0) is 15.6. The van der Waals surface area contributed by atoms with Crippen molar-refractivity contribution in [3.8, 4) is 29.8 Å². The van der Waals surface area contributed by atoms with E-state index in [1.807, 2.05) is 42.5 Å². The molecule has 0 heterocycles. The van der Waals surface area contributed by atoms with Crippen LogP contribution in [0, 0.1) is 35.0 Å². The largest absolute Gasteiger partial charge is 0.392 e. The van der Waals surface area contributed by atoms with Gasteiger partial charge in [0.05, 0.1) is 12.2 Å². The van der Waals surface area contributed by atoms with Crippen molar-refractivity contribution in [1.29, 1.82) is 5.26 Å². The first kappa shape index (κ1) is 15.1. The summed E-state index contributed by atoms with van der Waals surface area (Å²) in [5.74, 6) is 11.6. The van der Waals surface area contributed by atoms with Gasteiger partial charge in [-0.3, -0.25) is 0 Å². The number of benzene rings is 2. The van der Waals surface area contributed by atoms with Gasteiger partial charge >= 0.3 is 0 Å². The van der Waals surface area contributed by atoms with Crippen LogP contribution in [0.4, 0.5) is 0 Å². The number of nitrogens with zero attached hydrogens (tertiary/aromatic N) is 1. The van der Waals surface area contributed by atoms with E-state index in [0.717, 1.165) is 11.1 Å². The lowest BCUT2D eigenvalue weighted by Crippen LogP contribution is -1.83. The first-order valence-electron chi connectivity index (χ1n) is 6.70. The second-order valence-corrected chi connectivity index (χ2v) is 4.39. The van der Waals surface area contributed by atoms with Gasteiger partial charge in [-0.15, -0.1) is 0 Å². The maximum absolute atomic E-state index is 9.05. The van der Waals surface area contributed by atoms with Crippen molar-refractivity contribution in [1.82, 2.24) is 0 Å². The Balaban J connectivity index is 2.05. The Bertz CT molecular complexity index is 849. The summed E-state index contributed by atoms with van der Waals surface area (Å²) in [6.45, 7) is 0.00906. The van der Waals surface area contributed by atoms with Crippen molar-refractivity contribution < 1.29 is 5.11 Å². The van der Waals surface area contributed by atoms with Crippen LogP contribution in [0.15, 0.2) is 60.7 Å². The van der Waals surface area contributed by atoms with Crippen LogP contribution >= 0.6 is 0 Å². The summed E-state index contributed by atoms with van der Waals surface area (Å²) in [7, 11) is 0. The fourth-order valence-electron chi connectivity index (χ4n) is 1.76. The predicted octanol–water partition coefficient (Wildman–Crippen LogP) is 3.01. The maximum atomic E-state index is 9.05. The van der Waals surface area contributed by atoms with Gasteiger partial charge in [-0.05, 0) is 42.0 Å². The Morgan fingerprint density at radius 2 is 1.64 bits per heavy atom. The van der Waals surface area contributed by atoms with E-state index in [0.29, 0.717) is 11.1 Å².